The molecule has 2 heterocycles. The lowest BCUT2D eigenvalue weighted by atomic mass is 10.2. The summed E-state index contributed by atoms with van der Waals surface area (Å²) in [5.41, 5.74) is 0.848. The predicted octanol–water partition coefficient (Wildman–Crippen LogP) is 3.70. The number of methoxy groups -OCH3 is 1. The lowest BCUT2D eigenvalue weighted by Crippen LogP contribution is -2.04. The zero-order chi connectivity index (χ0) is 17.8. The minimum Gasteiger partial charge on any atom is -0.465 e. The number of anilines is 4. The number of esters is 1. The van der Waals surface area contributed by atoms with Crippen molar-refractivity contribution in [3.8, 4) is 0 Å². The van der Waals surface area contributed by atoms with E-state index in [1.807, 2.05) is 0 Å². The summed E-state index contributed by atoms with van der Waals surface area (Å²) in [6, 6.07) is 8.16. The fourth-order valence-corrected chi connectivity index (χ4v) is 2.20. The van der Waals surface area contributed by atoms with Gasteiger partial charge in [0.15, 0.2) is 5.82 Å². The van der Waals surface area contributed by atoms with Crippen molar-refractivity contribution in [1.82, 2.24) is 15.1 Å². The SMILES string of the molecule is COC(=O)c1ccc(Cl)c(Nc2nccc(Nc3cc(C)on3)n2)c1. The molecule has 0 atom stereocenters. The maximum atomic E-state index is 11.6. The van der Waals surface area contributed by atoms with Crippen LogP contribution in [0.5, 0.6) is 0 Å². The molecule has 0 aliphatic rings. The van der Waals surface area contributed by atoms with Gasteiger partial charge < -0.3 is 19.9 Å². The second-order valence-corrected chi connectivity index (χ2v) is 5.43. The monoisotopic (exact) mass is 359 g/mol. The zero-order valence-electron chi connectivity index (χ0n) is 13.4. The van der Waals surface area contributed by atoms with Crippen LogP contribution in [0.2, 0.25) is 5.02 Å². The Balaban J connectivity index is 1.81. The van der Waals surface area contributed by atoms with Gasteiger partial charge in [-0.3, -0.25) is 0 Å². The van der Waals surface area contributed by atoms with Crippen molar-refractivity contribution in [1.29, 1.82) is 0 Å². The summed E-state index contributed by atoms with van der Waals surface area (Å²) in [5.74, 6) is 1.58. The standard InChI is InChI=1S/C16H14ClN5O3/c1-9-7-14(22-25-9)20-13-5-6-18-16(21-13)19-12-8-10(15(23)24-2)3-4-11(12)17/h3-8H,1-2H3,(H2,18,19,20,21,22). The van der Waals surface area contributed by atoms with Crippen LogP contribution in [0.15, 0.2) is 41.1 Å². The smallest absolute Gasteiger partial charge is 0.337 e. The summed E-state index contributed by atoms with van der Waals surface area (Å²) < 4.78 is 9.69. The van der Waals surface area contributed by atoms with E-state index in [1.165, 1.54) is 7.11 Å². The Hall–Kier alpha value is -3.13. The van der Waals surface area contributed by atoms with Crippen LogP contribution >= 0.6 is 11.6 Å². The normalized spacial score (nSPS) is 10.4. The van der Waals surface area contributed by atoms with Crippen molar-refractivity contribution in [3.05, 3.63) is 52.9 Å². The molecule has 128 valence electrons. The van der Waals surface area contributed by atoms with E-state index in [0.717, 1.165) is 0 Å². The average Bonchev–Trinajstić information content (AvgIpc) is 3.01. The molecule has 2 aromatic heterocycles. The number of hydrogen-bond donors (Lipinski definition) is 2. The fourth-order valence-electron chi connectivity index (χ4n) is 2.03. The van der Waals surface area contributed by atoms with Crippen LogP contribution in [0, 0.1) is 6.92 Å². The van der Waals surface area contributed by atoms with Crippen LogP contribution in [0.4, 0.5) is 23.3 Å². The molecule has 0 spiro atoms. The number of aromatic nitrogens is 3. The Morgan fingerprint density at radius 1 is 1.20 bits per heavy atom. The van der Waals surface area contributed by atoms with Gasteiger partial charge in [0.05, 0.1) is 23.4 Å². The van der Waals surface area contributed by atoms with E-state index in [2.05, 4.69) is 25.8 Å². The van der Waals surface area contributed by atoms with Gasteiger partial charge >= 0.3 is 5.97 Å². The second-order valence-electron chi connectivity index (χ2n) is 5.02. The first-order valence-corrected chi connectivity index (χ1v) is 7.61. The Kier molecular flexibility index (Phi) is 4.80. The van der Waals surface area contributed by atoms with E-state index in [0.29, 0.717) is 39.6 Å². The van der Waals surface area contributed by atoms with Gasteiger partial charge in [0.25, 0.3) is 0 Å². The number of nitrogens with one attached hydrogen (secondary N) is 2. The first kappa shape index (κ1) is 16.7. The molecule has 0 amide bonds. The van der Waals surface area contributed by atoms with E-state index < -0.39 is 5.97 Å². The summed E-state index contributed by atoms with van der Waals surface area (Å²) in [5, 5.41) is 10.2. The molecule has 25 heavy (non-hydrogen) atoms. The molecule has 0 aliphatic heterocycles. The molecule has 0 fully saturated rings. The highest BCUT2D eigenvalue weighted by Crippen LogP contribution is 2.26. The van der Waals surface area contributed by atoms with E-state index in [1.54, 1.807) is 43.5 Å². The van der Waals surface area contributed by atoms with E-state index in [9.17, 15) is 4.79 Å². The van der Waals surface area contributed by atoms with Gasteiger partial charge in [-0.1, -0.05) is 16.8 Å². The van der Waals surface area contributed by atoms with Gasteiger partial charge in [-0.15, -0.1) is 0 Å². The average molecular weight is 360 g/mol. The van der Waals surface area contributed by atoms with Crippen molar-refractivity contribution in [2.75, 3.05) is 17.7 Å². The number of rotatable bonds is 5. The van der Waals surface area contributed by atoms with E-state index in [-0.39, 0.29) is 0 Å². The van der Waals surface area contributed by atoms with Gasteiger partial charge in [-0.25, -0.2) is 9.78 Å². The maximum Gasteiger partial charge on any atom is 0.337 e. The maximum absolute atomic E-state index is 11.6. The molecule has 0 bridgehead atoms. The molecule has 2 N–H and O–H groups in total. The molecule has 1 aromatic carbocycles. The first-order chi connectivity index (χ1) is 12.0. The lowest BCUT2D eigenvalue weighted by molar-refractivity contribution is 0.0601. The molecule has 3 rings (SSSR count). The van der Waals surface area contributed by atoms with Crippen molar-refractivity contribution in [2.24, 2.45) is 0 Å². The van der Waals surface area contributed by atoms with Crippen molar-refractivity contribution >= 4 is 40.8 Å². The molecule has 9 heteroatoms. The summed E-state index contributed by atoms with van der Waals surface area (Å²) in [6.45, 7) is 1.79. The Morgan fingerprint density at radius 2 is 2.04 bits per heavy atom. The number of nitrogens with zero attached hydrogens (tertiary/aromatic N) is 3. The van der Waals surface area contributed by atoms with E-state index >= 15 is 0 Å². The van der Waals surface area contributed by atoms with Crippen LogP contribution < -0.4 is 10.6 Å². The molecule has 0 radical (unpaired) electrons. The highest BCUT2D eigenvalue weighted by Gasteiger charge is 2.10. The number of aryl methyl sites for hydroxylation is 1. The molecule has 0 saturated heterocycles. The predicted molar refractivity (Wildman–Crippen MR) is 92.6 cm³/mol. The highest BCUT2D eigenvalue weighted by molar-refractivity contribution is 6.33. The molecule has 0 aliphatic carbocycles. The van der Waals surface area contributed by atoms with E-state index in [4.69, 9.17) is 20.9 Å². The third-order valence-electron chi connectivity index (χ3n) is 3.17. The zero-order valence-corrected chi connectivity index (χ0v) is 14.2. The third kappa shape index (κ3) is 4.04. The number of carbonyl (C=O) groups is 1. The molecular weight excluding hydrogens is 346 g/mol. The number of hydrogen-bond acceptors (Lipinski definition) is 8. The highest BCUT2D eigenvalue weighted by atomic mass is 35.5. The number of halogens is 1. The molecule has 0 saturated carbocycles. The van der Waals surface area contributed by atoms with Crippen molar-refractivity contribution in [3.63, 3.8) is 0 Å². The lowest BCUT2D eigenvalue weighted by Gasteiger charge is -2.09. The first-order valence-electron chi connectivity index (χ1n) is 7.23. The Labute approximate surface area is 148 Å². The van der Waals surface area contributed by atoms with Crippen LogP contribution in [0.3, 0.4) is 0 Å². The number of carbonyl (C=O) groups excluding carboxylic acids is 1. The van der Waals surface area contributed by atoms with Crippen molar-refractivity contribution in [2.45, 2.75) is 6.92 Å². The third-order valence-corrected chi connectivity index (χ3v) is 3.50. The van der Waals surface area contributed by atoms with Gasteiger partial charge in [0.2, 0.25) is 5.95 Å². The van der Waals surface area contributed by atoms with Gasteiger partial charge in [-0.2, -0.15) is 4.98 Å². The molecule has 3 aromatic rings. The summed E-state index contributed by atoms with van der Waals surface area (Å²) in [7, 11) is 1.31. The van der Waals surface area contributed by atoms with Crippen molar-refractivity contribution < 1.29 is 14.1 Å². The Morgan fingerprint density at radius 3 is 2.76 bits per heavy atom. The van der Waals surface area contributed by atoms with Crippen LogP contribution in [0.1, 0.15) is 16.1 Å². The van der Waals surface area contributed by atoms with Gasteiger partial charge in [0.1, 0.15) is 11.6 Å². The fraction of sp³-hybridized carbons (Fsp3) is 0.125. The molecular formula is C16H14ClN5O3. The second kappa shape index (κ2) is 7.18. The number of ether oxygens (including phenoxy) is 1. The van der Waals surface area contributed by atoms with Gasteiger partial charge in [0, 0.05) is 12.3 Å². The summed E-state index contributed by atoms with van der Waals surface area (Å²) in [6.07, 6.45) is 1.57. The topological polar surface area (TPSA) is 102 Å². The van der Waals surface area contributed by atoms with Gasteiger partial charge in [-0.05, 0) is 31.2 Å². The molecule has 0 unspecified atom stereocenters. The largest absolute Gasteiger partial charge is 0.465 e. The molecule has 8 nitrogen and oxygen atoms in total. The van der Waals surface area contributed by atoms with Crippen LogP contribution in [0.25, 0.3) is 0 Å². The minimum absolute atomic E-state index is 0.300. The summed E-state index contributed by atoms with van der Waals surface area (Å²) >= 11 is 6.16. The quantitative estimate of drug-likeness (QED) is 0.665. The van der Waals surface area contributed by atoms with Crippen LogP contribution in [-0.4, -0.2) is 28.2 Å². The Bertz CT molecular complexity index is 912. The minimum atomic E-state index is -0.461. The summed E-state index contributed by atoms with van der Waals surface area (Å²) in [4.78, 5) is 20.1. The number of benzene rings is 1. The van der Waals surface area contributed by atoms with Crippen LogP contribution in [-0.2, 0) is 4.74 Å².